The molecule has 1 rings (SSSR count). The van der Waals surface area contributed by atoms with E-state index in [1.807, 2.05) is 13.0 Å². The third-order valence-electron chi connectivity index (χ3n) is 2.17. The highest BCUT2D eigenvalue weighted by molar-refractivity contribution is 14.1. The maximum Gasteiger partial charge on any atom is 0.224 e. The number of benzene rings is 1. The van der Waals surface area contributed by atoms with Gasteiger partial charge in [-0.2, -0.15) is 0 Å². The van der Waals surface area contributed by atoms with Gasteiger partial charge in [-0.15, -0.1) is 0 Å². The molecule has 0 bridgehead atoms. The lowest BCUT2D eigenvalue weighted by Gasteiger charge is -2.24. The van der Waals surface area contributed by atoms with E-state index in [4.69, 9.17) is 11.6 Å². The maximum atomic E-state index is 11.5. The molecular weight excluding hydrogens is 363 g/mol. The van der Waals surface area contributed by atoms with Gasteiger partial charge in [-0.25, -0.2) is 8.42 Å². The first-order chi connectivity index (χ1) is 7.16. The van der Waals surface area contributed by atoms with Crippen molar-refractivity contribution in [1.29, 1.82) is 0 Å². The Hall–Kier alpha value is 0.150. The molecule has 0 radical (unpaired) electrons. The predicted octanol–water partition coefficient (Wildman–Crippen LogP) is 2.40. The van der Waals surface area contributed by atoms with Crippen LogP contribution in [0.2, 0.25) is 0 Å². The highest BCUT2D eigenvalue weighted by atomic mass is 127. The monoisotopic (exact) mass is 374 g/mol. The summed E-state index contributed by atoms with van der Waals surface area (Å²) in [6.45, 7) is 1.86. The van der Waals surface area contributed by atoms with Gasteiger partial charge in [-0.3, -0.25) is 0 Å². The van der Waals surface area contributed by atoms with Crippen LogP contribution >= 0.6 is 34.2 Å². The molecule has 0 amide bonds. The van der Waals surface area contributed by atoms with Crippen LogP contribution < -0.4 is 0 Å². The molecule has 3 nitrogen and oxygen atoms in total. The minimum atomic E-state index is -3.56. The summed E-state index contributed by atoms with van der Waals surface area (Å²) < 4.78 is 21.2. The number of alkyl halides is 2. The molecule has 0 heterocycles. The fourth-order valence-electron chi connectivity index (χ4n) is 1.24. The largest absolute Gasteiger partial charge is 0.385 e. The lowest BCUT2D eigenvalue weighted by atomic mass is 10.1. The number of aliphatic hydroxyl groups is 1. The Morgan fingerprint density at radius 1 is 1.50 bits per heavy atom. The average molecular weight is 375 g/mol. The summed E-state index contributed by atoms with van der Waals surface area (Å²) in [6.07, 6.45) is -0.254. The second-order valence-corrected chi connectivity index (χ2v) is 9.73. The van der Waals surface area contributed by atoms with E-state index in [9.17, 15) is 13.5 Å². The van der Waals surface area contributed by atoms with E-state index in [-0.39, 0.29) is 0 Å². The van der Waals surface area contributed by atoms with Crippen LogP contribution in [0.5, 0.6) is 0 Å². The Bertz CT molecular complexity index is 485. The number of aryl methyl sites for hydroxylation is 1. The van der Waals surface area contributed by atoms with Crippen LogP contribution in [0.3, 0.4) is 0 Å². The third kappa shape index (κ3) is 2.88. The summed E-state index contributed by atoms with van der Waals surface area (Å²) in [7, 11) is -3.56. The molecule has 2 unspecified atom stereocenters. The number of hydrogen-bond donors (Lipinski definition) is 1. The molecule has 16 heavy (non-hydrogen) atoms. The average Bonchev–Trinajstić information content (AvgIpc) is 2.14. The zero-order valence-corrected chi connectivity index (χ0v) is 12.5. The molecule has 0 saturated carbocycles. The molecule has 90 valence electrons. The lowest BCUT2D eigenvalue weighted by molar-refractivity contribution is 0.187. The predicted molar refractivity (Wildman–Crippen MR) is 73.6 cm³/mol. The van der Waals surface area contributed by atoms with Crippen LogP contribution in [-0.2, 0) is 9.84 Å². The maximum absolute atomic E-state index is 11.5. The molecule has 6 heteroatoms. The number of rotatable bonds is 3. The van der Waals surface area contributed by atoms with Crippen molar-refractivity contribution in [2.24, 2.45) is 0 Å². The van der Waals surface area contributed by atoms with Gasteiger partial charge in [0, 0.05) is 6.26 Å². The summed E-state index contributed by atoms with van der Waals surface area (Å²) in [5.41, 5.74) is 1.43. The molecule has 1 aromatic carbocycles. The van der Waals surface area contributed by atoms with E-state index in [1.165, 1.54) is 0 Å². The van der Waals surface area contributed by atoms with Crippen molar-refractivity contribution >= 4 is 44.0 Å². The van der Waals surface area contributed by atoms with Crippen molar-refractivity contribution in [1.82, 2.24) is 0 Å². The summed E-state index contributed by atoms with van der Waals surface area (Å²) in [5.74, 6) is 0. The van der Waals surface area contributed by atoms with Crippen LogP contribution in [0.1, 0.15) is 17.2 Å². The van der Waals surface area contributed by atoms with Gasteiger partial charge in [0.1, 0.15) is 6.10 Å². The molecule has 0 aliphatic carbocycles. The van der Waals surface area contributed by atoms with Gasteiger partial charge in [0.25, 0.3) is 0 Å². The Morgan fingerprint density at radius 3 is 2.50 bits per heavy atom. The smallest absolute Gasteiger partial charge is 0.224 e. The van der Waals surface area contributed by atoms with Crippen molar-refractivity contribution in [3.05, 3.63) is 35.4 Å². The van der Waals surface area contributed by atoms with Crippen LogP contribution in [0.15, 0.2) is 24.3 Å². The lowest BCUT2D eigenvalue weighted by Crippen LogP contribution is -2.32. The fraction of sp³-hybridized carbons (Fsp3) is 0.400. The van der Waals surface area contributed by atoms with Gasteiger partial charge in [0.15, 0.2) is 9.84 Å². The molecular formula is C10H12ClIO3S. The Balaban J connectivity index is 3.17. The summed E-state index contributed by atoms with van der Waals surface area (Å²) >= 11 is 7.45. The van der Waals surface area contributed by atoms with E-state index in [0.717, 1.165) is 11.8 Å². The number of halogens is 2. The fourth-order valence-corrected chi connectivity index (χ4v) is 2.26. The zero-order chi connectivity index (χ0) is 12.6. The molecule has 0 fully saturated rings. The van der Waals surface area contributed by atoms with E-state index in [2.05, 4.69) is 0 Å². The minimum Gasteiger partial charge on any atom is -0.385 e. The second-order valence-electron chi connectivity index (χ2n) is 3.65. The summed E-state index contributed by atoms with van der Waals surface area (Å²) in [6, 6.07) is 6.98. The van der Waals surface area contributed by atoms with E-state index >= 15 is 0 Å². The molecule has 0 spiro atoms. The van der Waals surface area contributed by atoms with E-state index < -0.39 is 18.2 Å². The van der Waals surface area contributed by atoms with E-state index in [1.54, 1.807) is 40.8 Å². The third-order valence-corrected chi connectivity index (χ3v) is 7.42. The van der Waals surface area contributed by atoms with Gasteiger partial charge >= 0.3 is 0 Å². The first-order valence-electron chi connectivity index (χ1n) is 4.48. The SMILES string of the molecule is Cc1cccc(C(O)C(Cl)(I)S(C)(=O)=O)c1. The van der Waals surface area contributed by atoms with Crippen molar-refractivity contribution in [3.63, 3.8) is 0 Å². The van der Waals surface area contributed by atoms with Crippen molar-refractivity contribution < 1.29 is 13.5 Å². The van der Waals surface area contributed by atoms with Crippen molar-refractivity contribution in [3.8, 4) is 0 Å². The molecule has 0 saturated heterocycles. The minimum absolute atomic E-state index is 0.495. The first kappa shape index (κ1) is 14.2. The molecule has 0 aliphatic heterocycles. The number of sulfone groups is 1. The van der Waals surface area contributed by atoms with Gasteiger partial charge in [0.2, 0.25) is 2.21 Å². The first-order valence-corrected chi connectivity index (χ1v) is 7.83. The van der Waals surface area contributed by atoms with Crippen LogP contribution in [0, 0.1) is 6.92 Å². The van der Waals surface area contributed by atoms with Gasteiger partial charge in [0.05, 0.1) is 0 Å². The van der Waals surface area contributed by atoms with Crippen molar-refractivity contribution in [2.75, 3.05) is 6.26 Å². The highest BCUT2D eigenvalue weighted by Crippen LogP contribution is 2.42. The standard InChI is InChI=1S/C10H12ClIO3S/c1-7-4-3-5-8(6-7)9(13)10(11,12)16(2,14)15/h3-6,9,13H,1-2H3. The van der Waals surface area contributed by atoms with Gasteiger partial charge in [-0.1, -0.05) is 41.4 Å². The highest BCUT2D eigenvalue weighted by Gasteiger charge is 2.44. The molecule has 0 aliphatic rings. The molecule has 0 aromatic heterocycles. The molecule has 1 aromatic rings. The number of hydrogen-bond acceptors (Lipinski definition) is 3. The Labute approximate surface area is 114 Å². The number of aliphatic hydroxyl groups excluding tert-OH is 1. The summed E-state index contributed by atoms with van der Waals surface area (Å²) in [4.78, 5) is 0. The second kappa shape index (κ2) is 4.80. The van der Waals surface area contributed by atoms with Gasteiger partial charge in [-0.05, 0) is 35.1 Å². The van der Waals surface area contributed by atoms with Crippen molar-refractivity contribution in [2.45, 2.75) is 15.2 Å². The normalized spacial score (nSPS) is 17.8. The quantitative estimate of drug-likeness (QED) is 0.653. The molecule has 1 N–H and O–H groups in total. The zero-order valence-electron chi connectivity index (χ0n) is 8.81. The Morgan fingerprint density at radius 2 is 2.06 bits per heavy atom. The van der Waals surface area contributed by atoms with Crippen LogP contribution in [0.25, 0.3) is 0 Å². The topological polar surface area (TPSA) is 54.4 Å². The van der Waals surface area contributed by atoms with Crippen LogP contribution in [0.4, 0.5) is 0 Å². The van der Waals surface area contributed by atoms with Gasteiger partial charge < -0.3 is 5.11 Å². The Kier molecular flexibility index (Phi) is 4.26. The molecule has 2 atom stereocenters. The van der Waals surface area contributed by atoms with E-state index in [0.29, 0.717) is 5.56 Å². The summed E-state index contributed by atoms with van der Waals surface area (Å²) in [5, 5.41) is 9.99. The van der Waals surface area contributed by atoms with Crippen LogP contribution in [-0.4, -0.2) is 22.0 Å².